The Balaban J connectivity index is 0.00000312. The van der Waals surface area contributed by atoms with Crippen LogP contribution in [0.5, 0.6) is 5.75 Å². The van der Waals surface area contributed by atoms with E-state index < -0.39 is 10.0 Å². The quantitative estimate of drug-likeness (QED) is 0.733. The van der Waals surface area contributed by atoms with Crippen molar-refractivity contribution in [1.82, 2.24) is 4.31 Å². The van der Waals surface area contributed by atoms with Gasteiger partial charge in [0.1, 0.15) is 10.6 Å². The lowest BCUT2D eigenvalue weighted by molar-refractivity contribution is 0.409. The Morgan fingerprint density at radius 1 is 1.12 bits per heavy atom. The molecule has 0 spiro atoms. The number of sulfonamides is 1. The highest BCUT2D eigenvalue weighted by atomic mass is 35.5. The van der Waals surface area contributed by atoms with E-state index in [0.29, 0.717) is 18.7 Å². The molecule has 0 bridgehead atoms. The Morgan fingerprint density at radius 3 is 2.40 bits per heavy atom. The van der Waals surface area contributed by atoms with Crippen LogP contribution in [0.25, 0.3) is 0 Å². The average Bonchev–Trinajstić information content (AvgIpc) is 2.59. The molecule has 0 aliphatic heterocycles. The number of nitrogens with two attached hydrogens (primary N) is 1. The van der Waals surface area contributed by atoms with Gasteiger partial charge >= 0.3 is 0 Å². The van der Waals surface area contributed by atoms with Crippen molar-refractivity contribution >= 4 is 34.0 Å². The summed E-state index contributed by atoms with van der Waals surface area (Å²) in [6.45, 7) is 0.787. The van der Waals surface area contributed by atoms with Crippen molar-refractivity contribution in [3.05, 3.63) is 59.1 Å². The van der Waals surface area contributed by atoms with Crippen LogP contribution in [0.3, 0.4) is 0 Å². The van der Waals surface area contributed by atoms with Gasteiger partial charge in [-0.2, -0.15) is 4.31 Å². The predicted octanol–water partition coefficient (Wildman–Crippen LogP) is 2.96. The summed E-state index contributed by atoms with van der Waals surface area (Å²) in [7, 11) is -2.28. The monoisotopic (exact) mass is 404 g/mol. The zero-order valence-corrected chi connectivity index (χ0v) is 16.3. The fourth-order valence-electron chi connectivity index (χ4n) is 2.34. The van der Waals surface area contributed by atoms with E-state index >= 15 is 0 Å². The summed E-state index contributed by atoms with van der Waals surface area (Å²) in [6.07, 6.45) is 0.599. The number of hydrogen-bond acceptors (Lipinski definition) is 4. The third-order valence-electron chi connectivity index (χ3n) is 3.63. The first kappa shape index (κ1) is 21.7. The molecule has 0 unspecified atom stereocenters. The molecule has 0 saturated carbocycles. The van der Waals surface area contributed by atoms with Gasteiger partial charge in [-0.05, 0) is 24.1 Å². The van der Waals surface area contributed by atoms with Gasteiger partial charge in [-0.3, -0.25) is 0 Å². The van der Waals surface area contributed by atoms with Gasteiger partial charge in [0, 0.05) is 25.7 Å². The normalized spacial score (nSPS) is 11.2. The van der Waals surface area contributed by atoms with Crippen LogP contribution in [0.4, 0.5) is 0 Å². The summed E-state index contributed by atoms with van der Waals surface area (Å²) in [5.74, 6) is 0.439. The van der Waals surface area contributed by atoms with Gasteiger partial charge in [-0.15, -0.1) is 12.4 Å². The molecule has 0 heterocycles. The van der Waals surface area contributed by atoms with E-state index in [0.717, 1.165) is 5.56 Å². The molecular formula is C17H22Cl2N2O3S. The molecule has 0 atom stereocenters. The highest BCUT2D eigenvalue weighted by molar-refractivity contribution is 7.89. The maximum atomic E-state index is 13.0. The Kier molecular flexibility index (Phi) is 8.68. The van der Waals surface area contributed by atoms with E-state index in [-0.39, 0.29) is 35.4 Å². The first-order valence-electron chi connectivity index (χ1n) is 7.56. The van der Waals surface area contributed by atoms with Crippen LogP contribution in [0.2, 0.25) is 5.02 Å². The van der Waals surface area contributed by atoms with E-state index in [2.05, 4.69) is 0 Å². The lowest BCUT2D eigenvalue weighted by atomic mass is 10.1. The van der Waals surface area contributed by atoms with Crippen LogP contribution in [-0.2, 0) is 16.4 Å². The predicted molar refractivity (Wildman–Crippen MR) is 103 cm³/mol. The van der Waals surface area contributed by atoms with Crippen LogP contribution >= 0.6 is 24.0 Å². The summed E-state index contributed by atoms with van der Waals surface area (Å²) in [5.41, 5.74) is 6.67. The first-order chi connectivity index (χ1) is 11.5. The molecule has 25 heavy (non-hydrogen) atoms. The van der Waals surface area contributed by atoms with Gasteiger partial charge in [0.15, 0.2) is 0 Å². The number of hydrogen-bond donors (Lipinski definition) is 1. The van der Waals surface area contributed by atoms with Crippen LogP contribution in [0, 0.1) is 0 Å². The SMILES string of the molecule is COc1ccc(Cl)c(S(=O)(=O)N(CCN)CCc2ccccc2)c1.Cl. The minimum Gasteiger partial charge on any atom is -0.497 e. The van der Waals surface area contributed by atoms with Crippen molar-refractivity contribution in [2.24, 2.45) is 5.73 Å². The van der Waals surface area contributed by atoms with Crippen LogP contribution in [0.15, 0.2) is 53.4 Å². The molecule has 2 aromatic carbocycles. The fourth-order valence-corrected chi connectivity index (χ4v) is 4.29. The second-order valence-corrected chi connectivity index (χ2v) is 7.54. The lowest BCUT2D eigenvalue weighted by Crippen LogP contribution is -2.37. The van der Waals surface area contributed by atoms with Gasteiger partial charge in [0.2, 0.25) is 10.0 Å². The van der Waals surface area contributed by atoms with Crippen LogP contribution < -0.4 is 10.5 Å². The summed E-state index contributed by atoms with van der Waals surface area (Å²) in [6, 6.07) is 14.3. The first-order valence-corrected chi connectivity index (χ1v) is 9.38. The van der Waals surface area contributed by atoms with E-state index in [4.69, 9.17) is 22.1 Å². The van der Waals surface area contributed by atoms with Gasteiger partial charge in [0.05, 0.1) is 12.1 Å². The third-order valence-corrected chi connectivity index (χ3v) is 6.01. The zero-order chi connectivity index (χ0) is 17.6. The largest absolute Gasteiger partial charge is 0.497 e. The zero-order valence-electron chi connectivity index (χ0n) is 13.9. The molecule has 0 aliphatic rings. The number of rotatable bonds is 8. The average molecular weight is 405 g/mol. The maximum Gasteiger partial charge on any atom is 0.244 e. The molecule has 8 heteroatoms. The molecule has 0 saturated heterocycles. The molecule has 0 radical (unpaired) electrons. The molecule has 2 N–H and O–H groups in total. The van der Waals surface area contributed by atoms with Crippen LogP contribution in [0.1, 0.15) is 5.56 Å². The summed E-state index contributed by atoms with van der Waals surface area (Å²) in [5, 5.41) is 0.164. The van der Waals surface area contributed by atoms with E-state index in [9.17, 15) is 8.42 Å². The molecule has 0 fully saturated rings. The highest BCUT2D eigenvalue weighted by Gasteiger charge is 2.26. The summed E-state index contributed by atoms with van der Waals surface area (Å²) >= 11 is 6.11. The Morgan fingerprint density at radius 2 is 1.80 bits per heavy atom. The molecule has 0 aliphatic carbocycles. The molecule has 5 nitrogen and oxygen atoms in total. The minimum absolute atomic E-state index is 0. The topological polar surface area (TPSA) is 72.6 Å². The standard InChI is InChI=1S/C17H21ClN2O3S.ClH/c1-23-15-7-8-16(18)17(13-15)24(21,22)20(12-10-19)11-9-14-5-3-2-4-6-14;/h2-8,13H,9-12,19H2,1H3;1H. The third kappa shape index (κ3) is 5.59. The van der Waals surface area contributed by atoms with E-state index in [1.54, 1.807) is 6.07 Å². The van der Waals surface area contributed by atoms with Gasteiger partial charge in [-0.25, -0.2) is 8.42 Å². The number of halogens is 2. The van der Waals surface area contributed by atoms with Crippen molar-refractivity contribution < 1.29 is 13.2 Å². The summed E-state index contributed by atoms with van der Waals surface area (Å²) < 4.78 is 32.4. The molecule has 2 rings (SSSR count). The van der Waals surface area contributed by atoms with Crippen molar-refractivity contribution in [3.8, 4) is 5.75 Å². The van der Waals surface area contributed by atoms with E-state index in [1.165, 1.54) is 23.5 Å². The number of methoxy groups -OCH3 is 1. The van der Waals surface area contributed by atoms with Gasteiger partial charge < -0.3 is 10.5 Å². The second-order valence-electron chi connectivity index (χ2n) is 5.22. The molecule has 0 amide bonds. The highest BCUT2D eigenvalue weighted by Crippen LogP contribution is 2.28. The van der Waals surface area contributed by atoms with Crippen LogP contribution in [-0.4, -0.2) is 39.5 Å². The Bertz CT molecular complexity index is 771. The Labute approximate surface area is 160 Å². The molecule has 138 valence electrons. The molecule has 2 aromatic rings. The summed E-state index contributed by atoms with van der Waals surface area (Å²) in [4.78, 5) is 0.0324. The van der Waals surface area contributed by atoms with Gasteiger partial charge in [0.25, 0.3) is 0 Å². The molecular weight excluding hydrogens is 383 g/mol. The molecule has 0 aromatic heterocycles. The van der Waals surface area contributed by atoms with E-state index in [1.807, 2.05) is 30.3 Å². The lowest BCUT2D eigenvalue weighted by Gasteiger charge is -2.22. The van der Waals surface area contributed by atoms with Crippen molar-refractivity contribution in [2.75, 3.05) is 26.7 Å². The smallest absolute Gasteiger partial charge is 0.244 e. The second kappa shape index (κ2) is 9.99. The Hall–Kier alpha value is -1.31. The van der Waals surface area contributed by atoms with Crippen molar-refractivity contribution in [3.63, 3.8) is 0 Å². The number of benzene rings is 2. The minimum atomic E-state index is -3.76. The number of ether oxygens (including phenoxy) is 1. The van der Waals surface area contributed by atoms with Crippen molar-refractivity contribution in [2.45, 2.75) is 11.3 Å². The maximum absolute atomic E-state index is 13.0. The van der Waals surface area contributed by atoms with Crippen molar-refractivity contribution in [1.29, 1.82) is 0 Å². The van der Waals surface area contributed by atoms with Gasteiger partial charge in [-0.1, -0.05) is 41.9 Å². The fraction of sp³-hybridized carbons (Fsp3) is 0.294. The number of nitrogens with zero attached hydrogens (tertiary/aromatic N) is 1.